The Kier molecular flexibility index (Phi) is 6.61. The topological polar surface area (TPSA) is 61.5 Å². The number of nitrogens with two attached hydrogens (primary N) is 1. The van der Waals surface area contributed by atoms with Crippen LogP contribution in [0.25, 0.3) is 0 Å². The molecule has 1 rings (SSSR count). The molecule has 0 amide bonds. The molecular weight excluding hydrogens is 261 g/mol. The zero-order valence-corrected chi connectivity index (χ0v) is 12.0. The highest BCUT2D eigenvalue weighted by Crippen LogP contribution is 2.30. The van der Waals surface area contributed by atoms with Gasteiger partial charge in [-0.2, -0.15) is 0 Å². The van der Waals surface area contributed by atoms with E-state index in [1.54, 1.807) is 12.1 Å². The number of methoxy groups -OCH3 is 1. The Balaban J connectivity index is 2.98. The van der Waals surface area contributed by atoms with Crippen molar-refractivity contribution in [3.05, 3.63) is 35.6 Å². The Hall–Kier alpha value is -1.46. The fourth-order valence-corrected chi connectivity index (χ4v) is 2.25. The van der Waals surface area contributed by atoms with Crippen LogP contribution in [-0.2, 0) is 19.7 Å². The summed E-state index contributed by atoms with van der Waals surface area (Å²) in [7, 11) is 1.33. The van der Waals surface area contributed by atoms with Crippen molar-refractivity contribution in [2.45, 2.75) is 25.2 Å². The van der Waals surface area contributed by atoms with Crippen LogP contribution in [0.1, 0.15) is 25.3 Å². The lowest BCUT2D eigenvalue weighted by molar-refractivity contribution is -0.147. The summed E-state index contributed by atoms with van der Waals surface area (Å²) >= 11 is 0. The molecule has 20 heavy (non-hydrogen) atoms. The first-order valence-corrected chi connectivity index (χ1v) is 6.73. The van der Waals surface area contributed by atoms with Crippen molar-refractivity contribution in [1.82, 2.24) is 0 Å². The maximum atomic E-state index is 13.0. The molecule has 5 heteroatoms. The Morgan fingerprint density at radius 2 is 2.00 bits per heavy atom. The summed E-state index contributed by atoms with van der Waals surface area (Å²) in [5.74, 6) is -0.748. The molecule has 0 saturated heterocycles. The highest BCUT2D eigenvalue weighted by molar-refractivity contribution is 5.83. The van der Waals surface area contributed by atoms with Gasteiger partial charge >= 0.3 is 5.97 Å². The first kappa shape index (κ1) is 16.6. The van der Waals surface area contributed by atoms with E-state index >= 15 is 0 Å². The van der Waals surface area contributed by atoms with E-state index in [0.717, 1.165) is 0 Å². The Labute approximate surface area is 119 Å². The van der Waals surface area contributed by atoms with Crippen LogP contribution in [0.5, 0.6) is 0 Å². The first-order chi connectivity index (χ1) is 9.60. The van der Waals surface area contributed by atoms with Gasteiger partial charge < -0.3 is 15.2 Å². The third-order valence-electron chi connectivity index (χ3n) is 3.42. The summed E-state index contributed by atoms with van der Waals surface area (Å²) in [4.78, 5) is 12.2. The summed E-state index contributed by atoms with van der Waals surface area (Å²) in [6.07, 6.45) is 1.18. The largest absolute Gasteiger partial charge is 0.468 e. The summed E-state index contributed by atoms with van der Waals surface area (Å²) in [6, 6.07) is 5.82. The minimum Gasteiger partial charge on any atom is -0.468 e. The maximum Gasteiger partial charge on any atom is 0.317 e. The number of ether oxygens (including phenoxy) is 2. The molecule has 0 bridgehead atoms. The highest BCUT2D eigenvalue weighted by atomic mass is 19.1. The van der Waals surface area contributed by atoms with Gasteiger partial charge in [-0.15, -0.1) is 0 Å². The standard InChI is InChI=1S/C15H22FNO3/c1-3-20-10-4-9-15(11-17,14(18)19-2)12-5-7-13(16)8-6-12/h5-8H,3-4,9-11,17H2,1-2H3. The smallest absolute Gasteiger partial charge is 0.317 e. The van der Waals surface area contributed by atoms with E-state index in [1.807, 2.05) is 6.92 Å². The fraction of sp³-hybridized carbons (Fsp3) is 0.533. The van der Waals surface area contributed by atoms with Gasteiger partial charge in [-0.3, -0.25) is 4.79 Å². The quantitative estimate of drug-likeness (QED) is 0.585. The van der Waals surface area contributed by atoms with Gasteiger partial charge in [0, 0.05) is 19.8 Å². The van der Waals surface area contributed by atoms with Crippen molar-refractivity contribution >= 4 is 5.97 Å². The molecular formula is C15H22FNO3. The van der Waals surface area contributed by atoms with E-state index in [-0.39, 0.29) is 12.4 Å². The number of benzene rings is 1. The normalized spacial score (nSPS) is 13.8. The summed E-state index contributed by atoms with van der Waals surface area (Å²) in [6.45, 7) is 3.20. The average molecular weight is 283 g/mol. The number of rotatable bonds is 8. The van der Waals surface area contributed by atoms with E-state index in [9.17, 15) is 9.18 Å². The SMILES string of the molecule is CCOCCCC(CN)(C(=O)OC)c1ccc(F)cc1. The van der Waals surface area contributed by atoms with Crippen molar-refractivity contribution in [2.75, 3.05) is 26.9 Å². The third-order valence-corrected chi connectivity index (χ3v) is 3.42. The van der Waals surface area contributed by atoms with Crippen molar-refractivity contribution < 1.29 is 18.7 Å². The molecule has 0 aromatic heterocycles. The van der Waals surface area contributed by atoms with E-state index in [0.29, 0.717) is 31.6 Å². The number of hydrogen-bond acceptors (Lipinski definition) is 4. The van der Waals surface area contributed by atoms with Gasteiger partial charge in [0.1, 0.15) is 11.2 Å². The molecule has 0 radical (unpaired) electrons. The van der Waals surface area contributed by atoms with Crippen LogP contribution < -0.4 is 5.73 Å². The molecule has 0 spiro atoms. The molecule has 2 N–H and O–H groups in total. The number of carbonyl (C=O) groups excluding carboxylic acids is 1. The van der Waals surface area contributed by atoms with E-state index in [1.165, 1.54) is 19.2 Å². The van der Waals surface area contributed by atoms with Gasteiger partial charge in [0.05, 0.1) is 7.11 Å². The third kappa shape index (κ3) is 3.77. The fourth-order valence-electron chi connectivity index (χ4n) is 2.25. The number of carbonyl (C=O) groups is 1. The van der Waals surface area contributed by atoms with Gasteiger partial charge in [0.2, 0.25) is 0 Å². The van der Waals surface area contributed by atoms with Gasteiger partial charge in [-0.25, -0.2) is 4.39 Å². The zero-order chi connectivity index (χ0) is 15.0. The predicted molar refractivity (Wildman–Crippen MR) is 74.9 cm³/mol. The number of halogens is 1. The second-order valence-electron chi connectivity index (χ2n) is 4.59. The van der Waals surface area contributed by atoms with Crippen molar-refractivity contribution in [2.24, 2.45) is 5.73 Å². The molecule has 0 saturated carbocycles. The molecule has 112 valence electrons. The lowest BCUT2D eigenvalue weighted by atomic mass is 9.76. The average Bonchev–Trinajstić information content (AvgIpc) is 2.48. The monoisotopic (exact) mass is 283 g/mol. The van der Waals surface area contributed by atoms with Crippen LogP contribution in [0.15, 0.2) is 24.3 Å². The first-order valence-electron chi connectivity index (χ1n) is 6.73. The molecule has 1 atom stereocenters. The van der Waals surface area contributed by atoms with Crippen molar-refractivity contribution in [3.8, 4) is 0 Å². The molecule has 0 aliphatic carbocycles. The number of hydrogen-bond donors (Lipinski definition) is 1. The Morgan fingerprint density at radius 1 is 1.35 bits per heavy atom. The molecule has 1 aromatic carbocycles. The van der Waals surface area contributed by atoms with Crippen LogP contribution in [0.2, 0.25) is 0 Å². The lowest BCUT2D eigenvalue weighted by Crippen LogP contribution is -2.44. The zero-order valence-electron chi connectivity index (χ0n) is 12.0. The minimum atomic E-state index is -0.945. The molecule has 4 nitrogen and oxygen atoms in total. The van der Waals surface area contributed by atoms with Gasteiger partial charge in [-0.05, 0) is 37.5 Å². The van der Waals surface area contributed by atoms with Crippen LogP contribution in [-0.4, -0.2) is 32.8 Å². The second kappa shape index (κ2) is 7.97. The Bertz CT molecular complexity index is 422. The van der Waals surface area contributed by atoms with Crippen molar-refractivity contribution in [1.29, 1.82) is 0 Å². The summed E-state index contributed by atoms with van der Waals surface area (Å²) in [5.41, 5.74) is 5.56. The molecule has 1 unspecified atom stereocenters. The predicted octanol–water partition coefficient (Wildman–Crippen LogP) is 2.01. The van der Waals surface area contributed by atoms with Crippen LogP contribution in [0.4, 0.5) is 4.39 Å². The van der Waals surface area contributed by atoms with E-state index in [4.69, 9.17) is 15.2 Å². The summed E-state index contributed by atoms with van der Waals surface area (Å²) < 4.78 is 23.2. The lowest BCUT2D eigenvalue weighted by Gasteiger charge is -2.30. The highest BCUT2D eigenvalue weighted by Gasteiger charge is 2.39. The van der Waals surface area contributed by atoms with E-state index < -0.39 is 11.4 Å². The second-order valence-corrected chi connectivity index (χ2v) is 4.59. The molecule has 0 aliphatic rings. The van der Waals surface area contributed by atoms with Gasteiger partial charge in [0.15, 0.2) is 0 Å². The Morgan fingerprint density at radius 3 is 2.50 bits per heavy atom. The van der Waals surface area contributed by atoms with E-state index in [2.05, 4.69) is 0 Å². The molecule has 0 fully saturated rings. The maximum absolute atomic E-state index is 13.0. The molecule has 1 aromatic rings. The summed E-state index contributed by atoms with van der Waals surface area (Å²) in [5, 5.41) is 0. The van der Waals surface area contributed by atoms with Crippen LogP contribution in [0, 0.1) is 5.82 Å². The number of esters is 1. The van der Waals surface area contributed by atoms with Crippen molar-refractivity contribution in [3.63, 3.8) is 0 Å². The molecule has 0 aliphatic heterocycles. The van der Waals surface area contributed by atoms with Crippen LogP contribution in [0.3, 0.4) is 0 Å². The minimum absolute atomic E-state index is 0.109. The van der Waals surface area contributed by atoms with Gasteiger partial charge in [0.25, 0.3) is 0 Å². The molecule has 0 heterocycles. The van der Waals surface area contributed by atoms with Gasteiger partial charge in [-0.1, -0.05) is 12.1 Å². The van der Waals surface area contributed by atoms with Crippen LogP contribution >= 0.6 is 0 Å².